The van der Waals surface area contributed by atoms with Gasteiger partial charge >= 0.3 is 9.05 Å². The van der Waals surface area contributed by atoms with E-state index in [0.29, 0.717) is 13.2 Å². The van der Waals surface area contributed by atoms with Crippen molar-refractivity contribution in [2.45, 2.75) is 79.4 Å². The lowest BCUT2D eigenvalue weighted by Gasteiger charge is -2.38. The first-order chi connectivity index (χ1) is 8.54. The van der Waals surface area contributed by atoms with Gasteiger partial charge in [-0.05, 0) is 54.4 Å². The molecule has 0 bridgehead atoms. The van der Waals surface area contributed by atoms with Gasteiger partial charge in [0.05, 0.1) is 11.2 Å². The molecule has 0 aromatic heterocycles. The molecule has 0 aromatic carbocycles. The molecule has 0 N–H and O–H groups in total. The summed E-state index contributed by atoms with van der Waals surface area (Å²) in [6.45, 7) is 17.2. The molecule has 0 amide bonds. The minimum absolute atomic E-state index is 0.362. The maximum Gasteiger partial charge on any atom is 0.680 e. The van der Waals surface area contributed by atoms with Gasteiger partial charge in [0.25, 0.3) is 0 Å². The first kappa shape index (κ1) is 19.1. The molecule has 116 valence electrons. The molecule has 0 aromatic rings. The van der Waals surface area contributed by atoms with Crippen molar-refractivity contribution in [3.8, 4) is 0 Å². The van der Waals surface area contributed by atoms with Crippen LogP contribution < -0.4 is 0 Å². The zero-order valence-corrected chi connectivity index (χ0v) is 15.0. The highest BCUT2D eigenvalue weighted by Crippen LogP contribution is 2.26. The molecular formula is C14H32O4Si. The van der Waals surface area contributed by atoms with E-state index in [1.54, 1.807) is 0 Å². The van der Waals surface area contributed by atoms with Gasteiger partial charge in [0.15, 0.2) is 0 Å². The molecule has 5 heteroatoms. The molecule has 0 saturated heterocycles. The van der Waals surface area contributed by atoms with Crippen molar-refractivity contribution in [1.29, 1.82) is 0 Å². The lowest BCUT2D eigenvalue weighted by atomic mass is 10.2. The number of hydrogen-bond acceptors (Lipinski definition) is 4. The van der Waals surface area contributed by atoms with Crippen molar-refractivity contribution in [2.75, 3.05) is 13.2 Å². The summed E-state index contributed by atoms with van der Waals surface area (Å²) in [5, 5.41) is 0. The molecule has 0 spiro atoms. The summed E-state index contributed by atoms with van der Waals surface area (Å²) in [5.41, 5.74) is -0.724. The Morgan fingerprint density at radius 3 is 1.21 bits per heavy atom. The van der Waals surface area contributed by atoms with Crippen molar-refractivity contribution >= 4 is 9.05 Å². The fourth-order valence-electron chi connectivity index (χ4n) is 1.38. The lowest BCUT2D eigenvalue weighted by Crippen LogP contribution is -2.56. The van der Waals surface area contributed by atoms with Gasteiger partial charge in [-0.3, -0.25) is 0 Å². The summed E-state index contributed by atoms with van der Waals surface area (Å²) in [7, 11) is -3.11. The maximum absolute atomic E-state index is 6.08. The molecule has 0 radical (unpaired) electrons. The highest BCUT2D eigenvalue weighted by Gasteiger charge is 2.51. The first-order valence-electron chi connectivity index (χ1n) is 7.22. The van der Waals surface area contributed by atoms with E-state index < -0.39 is 9.05 Å². The molecule has 0 heterocycles. The predicted octanol–water partition coefficient (Wildman–Crippen LogP) is 3.91. The summed E-state index contributed by atoms with van der Waals surface area (Å²) < 4.78 is 24.0. The fraction of sp³-hybridized carbons (Fsp3) is 1.00. The van der Waals surface area contributed by atoms with Gasteiger partial charge in [-0.1, -0.05) is 13.8 Å². The first-order valence-corrected chi connectivity index (χ1v) is 8.85. The van der Waals surface area contributed by atoms with E-state index in [1.807, 2.05) is 41.5 Å². The average Bonchev–Trinajstić information content (AvgIpc) is 2.19. The average molecular weight is 292 g/mol. The molecule has 4 nitrogen and oxygen atoms in total. The van der Waals surface area contributed by atoms with Crippen LogP contribution in [-0.4, -0.2) is 33.5 Å². The molecule has 0 aliphatic carbocycles. The van der Waals surface area contributed by atoms with Crippen LogP contribution in [0.5, 0.6) is 0 Å². The van der Waals surface area contributed by atoms with E-state index in [0.717, 1.165) is 12.8 Å². The van der Waals surface area contributed by atoms with Crippen LogP contribution in [0.15, 0.2) is 0 Å². The van der Waals surface area contributed by atoms with Crippen molar-refractivity contribution in [1.82, 2.24) is 0 Å². The smallest absolute Gasteiger partial charge is 0.351 e. The van der Waals surface area contributed by atoms with E-state index in [-0.39, 0.29) is 11.2 Å². The third-order valence-electron chi connectivity index (χ3n) is 1.83. The minimum Gasteiger partial charge on any atom is -0.351 e. The lowest BCUT2D eigenvalue weighted by molar-refractivity contribution is -0.108. The van der Waals surface area contributed by atoms with Gasteiger partial charge in [-0.25, -0.2) is 0 Å². The monoisotopic (exact) mass is 292 g/mol. The molecule has 0 saturated carbocycles. The number of hydrogen-bond donors (Lipinski definition) is 0. The Kier molecular flexibility index (Phi) is 7.76. The predicted molar refractivity (Wildman–Crippen MR) is 79.9 cm³/mol. The van der Waals surface area contributed by atoms with E-state index in [1.165, 1.54) is 0 Å². The summed E-state index contributed by atoms with van der Waals surface area (Å²) in [6, 6.07) is 0. The third kappa shape index (κ3) is 9.57. The Morgan fingerprint density at radius 1 is 0.684 bits per heavy atom. The second-order valence-corrected chi connectivity index (χ2v) is 8.61. The largest absolute Gasteiger partial charge is 0.680 e. The topological polar surface area (TPSA) is 36.9 Å². The summed E-state index contributed by atoms with van der Waals surface area (Å²) in [6.07, 6.45) is 1.82. The molecule has 0 fully saturated rings. The summed E-state index contributed by atoms with van der Waals surface area (Å²) >= 11 is 0. The third-order valence-corrected chi connectivity index (χ3v) is 4.67. The molecule has 0 aliphatic rings. The van der Waals surface area contributed by atoms with Crippen LogP contribution in [-0.2, 0) is 17.7 Å². The Bertz CT molecular complexity index is 217. The van der Waals surface area contributed by atoms with Gasteiger partial charge < -0.3 is 17.7 Å². The fourth-order valence-corrected chi connectivity index (χ4v) is 4.15. The second-order valence-electron chi connectivity index (χ2n) is 6.63. The van der Waals surface area contributed by atoms with Crippen LogP contribution in [0.4, 0.5) is 0 Å². The van der Waals surface area contributed by atoms with Crippen molar-refractivity contribution < 1.29 is 17.7 Å². The van der Waals surface area contributed by atoms with Crippen molar-refractivity contribution in [3.05, 3.63) is 0 Å². The molecule has 0 rings (SSSR count). The Labute approximate surface area is 120 Å². The zero-order chi connectivity index (χ0) is 15.2. The number of rotatable bonds is 8. The van der Waals surface area contributed by atoms with Crippen LogP contribution in [0.2, 0.25) is 0 Å². The van der Waals surface area contributed by atoms with Gasteiger partial charge in [-0.15, -0.1) is 0 Å². The SMILES string of the molecule is CCCO[Si](OCCC)(OC(C)(C)C)OC(C)(C)C. The highest BCUT2D eigenvalue weighted by molar-refractivity contribution is 6.53. The Morgan fingerprint density at radius 2 is 1.00 bits per heavy atom. The molecule has 19 heavy (non-hydrogen) atoms. The maximum atomic E-state index is 6.08. The van der Waals surface area contributed by atoms with Crippen LogP contribution in [0.3, 0.4) is 0 Å². The van der Waals surface area contributed by atoms with E-state index in [2.05, 4.69) is 13.8 Å². The van der Waals surface area contributed by atoms with Crippen LogP contribution in [0, 0.1) is 0 Å². The molecule has 0 atom stereocenters. The highest BCUT2D eigenvalue weighted by atomic mass is 28.4. The van der Waals surface area contributed by atoms with E-state index >= 15 is 0 Å². The Hall–Kier alpha value is 0.0569. The van der Waals surface area contributed by atoms with Gasteiger partial charge in [0.2, 0.25) is 0 Å². The van der Waals surface area contributed by atoms with Crippen LogP contribution in [0.1, 0.15) is 68.2 Å². The van der Waals surface area contributed by atoms with Crippen LogP contribution >= 0.6 is 0 Å². The zero-order valence-electron chi connectivity index (χ0n) is 14.0. The van der Waals surface area contributed by atoms with Crippen molar-refractivity contribution in [2.24, 2.45) is 0 Å². The van der Waals surface area contributed by atoms with E-state index in [4.69, 9.17) is 17.7 Å². The summed E-state index contributed by atoms with van der Waals surface area (Å²) in [5.74, 6) is 0. The summed E-state index contributed by atoms with van der Waals surface area (Å²) in [4.78, 5) is 0. The second kappa shape index (κ2) is 7.74. The van der Waals surface area contributed by atoms with Crippen LogP contribution in [0.25, 0.3) is 0 Å². The standard InChI is InChI=1S/C14H32O4Si/c1-9-11-15-19(16-12-10-2,17-13(3,4)5)18-14(6,7)8/h9-12H2,1-8H3. The molecule has 0 unspecified atom stereocenters. The van der Waals surface area contributed by atoms with Gasteiger partial charge in [0, 0.05) is 13.2 Å². The van der Waals surface area contributed by atoms with Gasteiger partial charge in [-0.2, -0.15) is 0 Å². The van der Waals surface area contributed by atoms with E-state index in [9.17, 15) is 0 Å². The van der Waals surface area contributed by atoms with Gasteiger partial charge in [0.1, 0.15) is 0 Å². The van der Waals surface area contributed by atoms with Crippen molar-refractivity contribution in [3.63, 3.8) is 0 Å². The molecule has 0 aliphatic heterocycles. The quantitative estimate of drug-likeness (QED) is 0.636. The minimum atomic E-state index is -3.11. The normalized spacial score (nSPS) is 13.9. The Balaban J connectivity index is 5.06. The molecular weight excluding hydrogens is 260 g/mol.